The van der Waals surface area contributed by atoms with Gasteiger partial charge in [0.1, 0.15) is 45.9 Å². The number of hydrogen-bond donors (Lipinski definition) is 8. The molecule has 0 amide bonds. The number of carbonyl (C=O) groups excluding carboxylic acids is 2. The third-order valence-electron chi connectivity index (χ3n) is 11.5. The largest absolute Gasteiger partial charge is 2.00 e. The van der Waals surface area contributed by atoms with E-state index < -0.39 is 89.7 Å². The van der Waals surface area contributed by atoms with Crippen LogP contribution in [0.3, 0.4) is 0 Å². The van der Waals surface area contributed by atoms with Crippen molar-refractivity contribution in [2.24, 2.45) is 9.54 Å². The normalized spacial score (nSPS) is 12.0. The fraction of sp³-hybridized carbons (Fsp3) is 0.528. The maximum Gasteiger partial charge on any atom is 2.00 e. The van der Waals surface area contributed by atoms with Crippen LogP contribution in [0.1, 0.15) is 208 Å². The molecule has 42 heteroatoms. The summed E-state index contributed by atoms with van der Waals surface area (Å²) in [6.45, 7) is 38.0. The number of pyridine rings is 6. The van der Waals surface area contributed by atoms with Crippen LogP contribution in [0.2, 0.25) is 0 Å². The van der Waals surface area contributed by atoms with E-state index in [-0.39, 0.29) is 202 Å². The summed E-state index contributed by atoms with van der Waals surface area (Å²) < 4.78 is 161. The number of nitrogens with one attached hydrogen (secondary N) is 2. The number of ketones is 1. The van der Waals surface area contributed by atoms with Gasteiger partial charge in [0.2, 0.25) is 35.3 Å². The number of ether oxygens (including phenoxy) is 6. The molecular weight excluding hydrogens is 1700 g/mol. The quantitative estimate of drug-likeness (QED) is 0.0146. The number of carbonyl (C=O) groups is 2. The van der Waals surface area contributed by atoms with Crippen LogP contribution in [0, 0.1) is 42.3 Å². The first-order chi connectivity index (χ1) is 49.9. The Morgan fingerprint density at radius 3 is 0.982 bits per heavy atom. The smallest absolute Gasteiger partial charge is 1.00 e. The Hall–Kier alpha value is -4.40. The summed E-state index contributed by atoms with van der Waals surface area (Å²) in [6, 6.07) is 6.69. The van der Waals surface area contributed by atoms with E-state index in [9.17, 15) is 57.9 Å². The van der Waals surface area contributed by atoms with Crippen LogP contribution in [0.5, 0.6) is 35.3 Å². The van der Waals surface area contributed by atoms with Crippen molar-refractivity contribution in [2.45, 2.75) is 183 Å². The monoisotopic (exact) mass is 1820 g/mol. The minimum absolute atomic E-state index is 0. The third kappa shape index (κ3) is 59.3. The van der Waals surface area contributed by atoms with Crippen LogP contribution in [0.15, 0.2) is 78.0 Å². The van der Waals surface area contributed by atoms with Gasteiger partial charge in [-0.1, -0.05) is 0 Å². The second kappa shape index (κ2) is 71.5. The van der Waals surface area contributed by atoms with Crippen molar-refractivity contribution in [3.8, 4) is 35.3 Å². The average Bonchev–Trinajstić information content (AvgIpc) is 0.852. The van der Waals surface area contributed by atoms with Crippen LogP contribution < -0.4 is 89.5 Å². The Morgan fingerprint density at radius 1 is 0.500 bits per heavy atom. The van der Waals surface area contributed by atoms with Gasteiger partial charge in [-0.2, -0.15) is 4.40 Å². The molecule has 3 radical (unpaired) electrons. The Kier molecular flexibility index (Phi) is 83.4. The van der Waals surface area contributed by atoms with E-state index >= 15 is 0 Å². The first-order valence-corrected chi connectivity index (χ1v) is 37.3. The van der Waals surface area contributed by atoms with Crippen molar-refractivity contribution in [3.05, 3.63) is 149 Å². The molecule has 0 saturated heterocycles. The fourth-order valence-electron chi connectivity index (χ4n) is 6.26. The molecule has 0 spiro atoms. The standard InChI is InChI=1S/2C12H19FN2O2S.C12H17FN2O2S.C8H10FNO2.C8H8FNO2.C7H6FNO2.C4H11NOS.4C2H6O.CH3.B.BrH.Mg.Na.Ti.H/c3*1-8(15-18(16)12(2,3)4)10-6-9(13)7-14-11(10)17-5;2*1-5(11)7-3-6(9)4-10-8(7)12-2;1-11-7-5(4-10)2-6(8)3-9-7;1-4(2,3)7(5)6;4*1-2-3;;;;;;;/h2*6-8,15H,1-5H3;6-7H,1-5H3;3-5,11H,1-2H3;3-4H,1-2H3;2-4H,1H3;5H2,1-3H3;4*3H,2H2,1H3;1H3;;1H;;;;/q;;;;;;;;;;;-1;;;+2;+1;;-1/p-1/t8-,18+;8-,18-;18-;;;;7-;;;;;;;;;;;/m100...0.........../s1. The minimum Gasteiger partial charge on any atom is -1.00 e. The average molecular weight is 1820 g/mol. The molecule has 0 fully saturated rings. The zero-order valence-electron chi connectivity index (χ0n) is 72.0. The first-order valence-electron chi connectivity index (χ1n) is 32.7. The number of aliphatic hydroxyl groups is 5. The first kappa shape index (κ1) is 133. The number of aldehydes is 1. The maximum absolute atomic E-state index is 13.2. The Bertz CT molecular complexity index is 3640. The summed E-state index contributed by atoms with van der Waals surface area (Å²) in [5, 5.41) is 44.5. The van der Waals surface area contributed by atoms with Crippen LogP contribution in [-0.4, -0.2) is 210 Å². The fourth-order valence-corrected chi connectivity index (χ4v) is 8.48. The predicted octanol–water partition coefficient (Wildman–Crippen LogP) is 5.15. The van der Waals surface area contributed by atoms with Crippen LogP contribution in [-0.2, 0) is 65.7 Å². The molecule has 6 heterocycles. The van der Waals surface area contributed by atoms with E-state index in [2.05, 4.69) is 48.5 Å². The van der Waals surface area contributed by atoms with Gasteiger partial charge in [-0.3, -0.25) is 14.7 Å². The molecule has 6 rings (SSSR count). The number of rotatable bonds is 17. The molecule has 641 valence electrons. The van der Waals surface area contributed by atoms with Crippen molar-refractivity contribution in [1.29, 1.82) is 0 Å². The van der Waals surface area contributed by atoms with E-state index in [1.165, 1.54) is 80.8 Å². The van der Waals surface area contributed by atoms with Crippen LogP contribution >= 0.6 is 0 Å². The van der Waals surface area contributed by atoms with E-state index in [0.29, 0.717) is 46.0 Å². The molecule has 1 unspecified atom stereocenters. The number of halogens is 7. The van der Waals surface area contributed by atoms with E-state index in [0.717, 1.165) is 49.3 Å². The molecule has 27 nitrogen and oxygen atoms in total. The SMILES string of the molecule is CC(C)(C)[S@@](N)=O.CCO.CCO.CCO.CCO.COc1ncc(F)cc1C(C)=N[S@@](=O)C(C)(C)C.COc1ncc(F)cc1C(C)=O.COc1ncc(F)cc1C(C)O.COc1ncc(F)cc1C=O.COc1ncc(F)cc1[C@@H](C)N[S@@](=O)C(C)(C)C.COc1ncc(F)cc1[C@H](C)N[S@@](=O)C(C)(C)C.[B].[Br-].[CH3-].[H-].[Mg+2].[Na+].[Ti]. The predicted molar refractivity (Wildman–Crippen MR) is 432 cm³/mol. The molecule has 0 aromatic carbocycles. The molecule has 6 aromatic rings. The molecule has 114 heavy (non-hydrogen) atoms. The number of methoxy groups -OCH3 is 6. The number of Topliss-reactive ketones (excluding diaryl/α,β-unsaturated/α-hetero) is 1. The van der Waals surface area contributed by atoms with E-state index in [1.807, 2.05) is 83.1 Å². The molecule has 0 aliphatic rings. The number of hydrogen-bond acceptors (Lipinski definition) is 23. The van der Waals surface area contributed by atoms with Crippen LogP contribution in [0.25, 0.3) is 0 Å². The van der Waals surface area contributed by atoms with Crippen molar-refractivity contribution < 1.29 is 176 Å². The van der Waals surface area contributed by atoms with Gasteiger partial charge in [-0.05, 0) is 182 Å². The van der Waals surface area contributed by atoms with Crippen LogP contribution in [0.4, 0.5) is 26.3 Å². The van der Waals surface area contributed by atoms with E-state index in [1.54, 1.807) is 48.5 Å². The van der Waals surface area contributed by atoms with Crippen molar-refractivity contribution >= 4 is 93.2 Å². The molecule has 9 N–H and O–H groups in total. The van der Waals surface area contributed by atoms with Gasteiger partial charge in [0.25, 0.3) is 0 Å². The topological polar surface area (TPSA) is 399 Å². The summed E-state index contributed by atoms with van der Waals surface area (Å²) in [5.74, 6) is -1.71. The molecule has 0 aliphatic carbocycles. The van der Waals surface area contributed by atoms with Gasteiger partial charge in [0.05, 0.1) is 160 Å². The second-order valence-electron chi connectivity index (χ2n) is 24.9. The number of nitrogens with two attached hydrogens (primary N) is 1. The maximum atomic E-state index is 13.2. The van der Waals surface area contributed by atoms with Crippen molar-refractivity contribution in [3.63, 3.8) is 0 Å². The van der Waals surface area contributed by atoms with Gasteiger partial charge >= 0.3 is 52.6 Å². The third-order valence-corrected chi connectivity index (χ3v) is 17.5. The summed E-state index contributed by atoms with van der Waals surface area (Å²) in [6.07, 6.45) is 6.02. The summed E-state index contributed by atoms with van der Waals surface area (Å²) in [4.78, 5) is 43.5. The number of aromatic nitrogens is 6. The van der Waals surface area contributed by atoms with Crippen molar-refractivity contribution in [2.75, 3.05) is 69.1 Å². The number of aliphatic hydroxyl groups excluding tert-OH is 5. The van der Waals surface area contributed by atoms with Gasteiger partial charge in [0, 0.05) is 85.3 Å². The van der Waals surface area contributed by atoms with Gasteiger partial charge < -0.3 is 79.8 Å². The second-order valence-corrected chi connectivity index (χ2v) is 32.7. The molecule has 7 atom stereocenters. The summed E-state index contributed by atoms with van der Waals surface area (Å²) in [5.41, 5.74) is 2.59. The summed E-state index contributed by atoms with van der Waals surface area (Å²) in [7, 11) is 3.49. The Labute approximate surface area is 748 Å². The Morgan fingerprint density at radius 2 is 0.737 bits per heavy atom. The Balaban J connectivity index is -0.000000105. The van der Waals surface area contributed by atoms with E-state index in [4.69, 9.17) is 49.2 Å². The minimum atomic E-state index is -1.40. The molecule has 0 saturated carbocycles. The zero-order valence-corrected chi connectivity index (χ0v) is 80.8. The van der Waals surface area contributed by atoms with Gasteiger partial charge in [-0.15, -0.1) is 0 Å². The van der Waals surface area contributed by atoms with Crippen molar-refractivity contribution in [1.82, 2.24) is 39.3 Å². The molecule has 0 aliphatic heterocycles. The van der Waals surface area contributed by atoms with Gasteiger partial charge in [-0.25, -0.2) is 82.5 Å². The van der Waals surface area contributed by atoms with Gasteiger partial charge in [0.15, 0.2) is 12.1 Å². The molecule has 0 bridgehead atoms. The molecular formula is C72H118BBrF6MgN10NaO17S4Ti. The number of nitrogens with zero attached hydrogens (tertiary/aromatic N) is 7. The zero-order chi connectivity index (χ0) is 85.2. The summed E-state index contributed by atoms with van der Waals surface area (Å²) >= 11 is 0. The molecule has 6 aromatic heterocycles.